The van der Waals surface area contributed by atoms with E-state index in [0.29, 0.717) is 36.7 Å². The summed E-state index contributed by atoms with van der Waals surface area (Å²) in [6.45, 7) is 2.42. The van der Waals surface area contributed by atoms with Gasteiger partial charge in [-0.05, 0) is 26.2 Å². The average molecular weight is 420 g/mol. The van der Waals surface area contributed by atoms with Crippen molar-refractivity contribution in [1.29, 1.82) is 0 Å². The van der Waals surface area contributed by atoms with Crippen LogP contribution in [-0.4, -0.2) is 60.3 Å². The predicted molar refractivity (Wildman–Crippen MR) is 106 cm³/mol. The summed E-state index contributed by atoms with van der Waals surface area (Å²) in [5, 5.41) is 4.51. The molecule has 1 atom stereocenters. The molecule has 4 rings (SSSR count). The number of nitrogens with zero attached hydrogens (tertiary/aromatic N) is 5. The van der Waals surface area contributed by atoms with E-state index in [2.05, 4.69) is 14.4 Å². The SMILES string of the molecule is Cc1ncoc1C(=O)N=S1(=O)CCCN(C(=O)c2cn(C)nc2C2CCC2)CC1. The first-order chi connectivity index (χ1) is 13.9. The van der Waals surface area contributed by atoms with E-state index in [9.17, 15) is 13.8 Å². The fourth-order valence-electron chi connectivity index (χ4n) is 3.77. The molecule has 1 saturated heterocycles. The van der Waals surface area contributed by atoms with E-state index in [4.69, 9.17) is 4.42 Å². The van der Waals surface area contributed by atoms with Crippen molar-refractivity contribution >= 4 is 21.5 Å². The van der Waals surface area contributed by atoms with Gasteiger partial charge in [0.05, 0.1) is 26.7 Å². The Balaban J connectivity index is 1.51. The zero-order valence-corrected chi connectivity index (χ0v) is 17.5. The first-order valence-corrected chi connectivity index (χ1v) is 11.7. The number of amides is 2. The van der Waals surface area contributed by atoms with E-state index in [-0.39, 0.29) is 23.2 Å². The maximum Gasteiger partial charge on any atom is 0.322 e. The molecule has 0 spiro atoms. The molecule has 9 nitrogen and oxygen atoms in total. The van der Waals surface area contributed by atoms with Gasteiger partial charge in [-0.3, -0.25) is 14.3 Å². The van der Waals surface area contributed by atoms with Crippen LogP contribution in [0.2, 0.25) is 0 Å². The van der Waals surface area contributed by atoms with Gasteiger partial charge in [0, 0.05) is 43.8 Å². The lowest BCUT2D eigenvalue weighted by atomic mass is 9.81. The van der Waals surface area contributed by atoms with Gasteiger partial charge in [-0.15, -0.1) is 0 Å². The third kappa shape index (κ3) is 3.98. The summed E-state index contributed by atoms with van der Waals surface area (Å²) < 4.78 is 23.9. The smallest absolute Gasteiger partial charge is 0.322 e. The summed E-state index contributed by atoms with van der Waals surface area (Å²) in [6, 6.07) is 0. The molecule has 2 aliphatic rings. The van der Waals surface area contributed by atoms with E-state index >= 15 is 0 Å². The lowest BCUT2D eigenvalue weighted by molar-refractivity contribution is 0.0766. The second-order valence-electron chi connectivity index (χ2n) is 7.72. The summed E-state index contributed by atoms with van der Waals surface area (Å²) in [4.78, 5) is 31.1. The molecule has 3 heterocycles. The summed E-state index contributed by atoms with van der Waals surface area (Å²) in [7, 11) is -0.936. The quantitative estimate of drug-likeness (QED) is 0.754. The lowest BCUT2D eigenvalue weighted by Crippen LogP contribution is -2.34. The fourth-order valence-corrected chi connectivity index (χ4v) is 5.62. The number of carbonyl (C=O) groups excluding carboxylic acids is 2. The number of hydrogen-bond donors (Lipinski definition) is 0. The van der Waals surface area contributed by atoms with Crippen molar-refractivity contribution in [1.82, 2.24) is 19.7 Å². The highest BCUT2D eigenvalue weighted by Gasteiger charge is 2.31. The van der Waals surface area contributed by atoms with Crippen LogP contribution in [0.15, 0.2) is 21.4 Å². The molecule has 29 heavy (non-hydrogen) atoms. The van der Waals surface area contributed by atoms with Crippen molar-refractivity contribution in [2.45, 2.75) is 38.5 Å². The van der Waals surface area contributed by atoms with Crippen LogP contribution in [0, 0.1) is 6.92 Å². The Morgan fingerprint density at radius 2 is 2.03 bits per heavy atom. The zero-order valence-electron chi connectivity index (χ0n) is 16.7. The van der Waals surface area contributed by atoms with E-state index < -0.39 is 15.6 Å². The summed E-state index contributed by atoms with van der Waals surface area (Å²) in [5.74, 6) is 0.0782. The third-order valence-electron chi connectivity index (χ3n) is 5.63. The fraction of sp³-hybridized carbons (Fsp3) is 0.579. The molecule has 2 aromatic rings. The van der Waals surface area contributed by atoms with Crippen molar-refractivity contribution in [3.8, 4) is 0 Å². The highest BCUT2D eigenvalue weighted by molar-refractivity contribution is 7.93. The third-order valence-corrected chi connectivity index (χ3v) is 7.87. The zero-order chi connectivity index (χ0) is 20.6. The highest BCUT2D eigenvalue weighted by atomic mass is 32.2. The van der Waals surface area contributed by atoms with Crippen LogP contribution >= 0.6 is 0 Å². The molecule has 10 heteroatoms. The Bertz CT molecular complexity index is 1060. The number of aryl methyl sites for hydroxylation is 2. The minimum absolute atomic E-state index is 0.0189. The second-order valence-corrected chi connectivity index (χ2v) is 10.3. The Morgan fingerprint density at radius 3 is 2.69 bits per heavy atom. The van der Waals surface area contributed by atoms with Crippen LogP contribution < -0.4 is 0 Å². The normalized spacial score (nSPS) is 22.8. The Morgan fingerprint density at radius 1 is 1.24 bits per heavy atom. The molecule has 2 fully saturated rings. The predicted octanol–water partition coefficient (Wildman–Crippen LogP) is 2.14. The van der Waals surface area contributed by atoms with Gasteiger partial charge in [-0.1, -0.05) is 6.42 Å². The number of carbonyl (C=O) groups is 2. The van der Waals surface area contributed by atoms with Crippen LogP contribution in [0.3, 0.4) is 0 Å². The maximum absolute atomic E-state index is 13.2. The van der Waals surface area contributed by atoms with Crippen LogP contribution in [0.1, 0.15) is 63.9 Å². The van der Waals surface area contributed by atoms with Crippen LogP contribution in [-0.2, 0) is 16.8 Å². The largest absolute Gasteiger partial charge is 0.438 e. The monoisotopic (exact) mass is 419 g/mol. The molecule has 0 N–H and O–H groups in total. The van der Waals surface area contributed by atoms with E-state index in [1.54, 1.807) is 22.7 Å². The minimum atomic E-state index is -2.76. The highest BCUT2D eigenvalue weighted by Crippen LogP contribution is 2.37. The van der Waals surface area contributed by atoms with Gasteiger partial charge in [0.2, 0.25) is 5.76 Å². The van der Waals surface area contributed by atoms with E-state index in [0.717, 1.165) is 18.5 Å². The van der Waals surface area contributed by atoms with Gasteiger partial charge in [-0.25, -0.2) is 9.19 Å². The molecule has 1 aliphatic heterocycles. The van der Waals surface area contributed by atoms with Crippen LogP contribution in [0.4, 0.5) is 0 Å². The Labute approximate surface area is 169 Å². The Kier molecular flexibility index (Phi) is 5.28. The molecule has 1 aliphatic carbocycles. The van der Waals surface area contributed by atoms with Crippen LogP contribution in [0.5, 0.6) is 0 Å². The molecule has 1 unspecified atom stereocenters. The van der Waals surface area contributed by atoms with Crippen molar-refractivity contribution in [3.05, 3.63) is 35.3 Å². The topological polar surface area (TPSA) is 111 Å². The van der Waals surface area contributed by atoms with Gasteiger partial charge in [0.25, 0.3) is 5.91 Å². The van der Waals surface area contributed by atoms with Gasteiger partial charge >= 0.3 is 5.91 Å². The number of aromatic nitrogens is 3. The number of oxazole rings is 1. The van der Waals surface area contributed by atoms with E-state index in [1.165, 1.54) is 12.8 Å². The molecule has 1 saturated carbocycles. The van der Waals surface area contributed by atoms with Gasteiger partial charge in [0.15, 0.2) is 6.39 Å². The minimum Gasteiger partial charge on any atom is -0.438 e. The molecule has 0 bridgehead atoms. The van der Waals surface area contributed by atoms with Crippen molar-refractivity contribution in [2.75, 3.05) is 24.6 Å². The van der Waals surface area contributed by atoms with Crippen molar-refractivity contribution in [2.24, 2.45) is 11.4 Å². The second kappa shape index (κ2) is 7.74. The lowest BCUT2D eigenvalue weighted by Gasteiger charge is -2.26. The standard InChI is InChI=1S/C19H25N5O4S/c1-13-17(28-12-20-13)18(25)22-29(27)9-4-7-24(8-10-29)19(26)15-11-23(2)21-16(15)14-5-3-6-14/h11-12,14H,3-10H2,1-2H3. The van der Waals surface area contributed by atoms with Crippen molar-refractivity contribution < 1.29 is 18.2 Å². The molecule has 2 aromatic heterocycles. The maximum atomic E-state index is 13.2. The van der Waals surface area contributed by atoms with Gasteiger partial charge in [0.1, 0.15) is 0 Å². The Hall–Kier alpha value is -2.49. The first-order valence-electron chi connectivity index (χ1n) is 9.86. The molecule has 0 radical (unpaired) electrons. The van der Waals surface area contributed by atoms with Crippen LogP contribution in [0.25, 0.3) is 0 Å². The summed E-state index contributed by atoms with van der Waals surface area (Å²) in [5.41, 5.74) is 1.93. The number of hydrogen-bond acceptors (Lipinski definition) is 6. The molecule has 0 aromatic carbocycles. The van der Waals surface area contributed by atoms with Gasteiger partial charge < -0.3 is 9.32 Å². The van der Waals surface area contributed by atoms with E-state index in [1.807, 2.05) is 7.05 Å². The van der Waals surface area contributed by atoms with Crippen molar-refractivity contribution in [3.63, 3.8) is 0 Å². The van der Waals surface area contributed by atoms with Gasteiger partial charge in [-0.2, -0.15) is 9.46 Å². The number of rotatable bonds is 3. The average Bonchev–Trinajstić information content (AvgIpc) is 3.16. The molecule has 156 valence electrons. The molecule has 2 amide bonds. The first kappa shape index (κ1) is 19.8. The summed E-state index contributed by atoms with van der Waals surface area (Å²) in [6.07, 6.45) is 6.77. The summed E-state index contributed by atoms with van der Waals surface area (Å²) >= 11 is 0. The molecular weight excluding hydrogens is 394 g/mol. The molecular formula is C19H25N5O4S.